The number of ether oxygens (including phenoxy) is 1. The van der Waals surface area contributed by atoms with Crippen LogP contribution in [0.1, 0.15) is 31.3 Å². The van der Waals surface area contributed by atoms with Crippen LogP contribution in [-0.4, -0.2) is 48.7 Å². The van der Waals surface area contributed by atoms with Gasteiger partial charge in [-0.1, -0.05) is 60.7 Å². The van der Waals surface area contributed by atoms with Crippen molar-refractivity contribution in [3.05, 3.63) is 154 Å². The first-order valence-electron chi connectivity index (χ1n) is 18.4. The van der Waals surface area contributed by atoms with Gasteiger partial charge in [0.2, 0.25) is 0 Å². The number of hydrogen-bond donors (Lipinski definition) is 0. The van der Waals surface area contributed by atoms with Gasteiger partial charge in [-0.3, -0.25) is 0 Å². The van der Waals surface area contributed by atoms with E-state index in [1.807, 2.05) is 66.8 Å². The number of carbonyl (C=O) groups is 1. The summed E-state index contributed by atoms with van der Waals surface area (Å²) >= 11 is 0. The zero-order valence-electron chi connectivity index (χ0n) is 31.5. The molecule has 0 radical (unpaired) electrons. The van der Waals surface area contributed by atoms with Crippen molar-refractivity contribution in [3.8, 4) is 30.3 Å². The number of piperazine rings is 1. The van der Waals surface area contributed by atoms with Gasteiger partial charge < -0.3 is 23.4 Å². The number of para-hydroxylation sites is 2. The smallest absolute Gasteiger partial charge is 0.409 e. The minimum atomic E-state index is -1.26. The molecule has 1 aliphatic carbocycles. The number of allylic oxidation sites excluding steroid dienone is 13. The number of rotatable bonds is 10. The number of furan rings is 2. The van der Waals surface area contributed by atoms with Gasteiger partial charge >= 0.3 is 6.09 Å². The SMILES string of the molecule is [C-]#[N+]C(C#N)=C(C(C#N)=CC=CC1=C(N2CCN(C(=O)OCC)CC2)C(=CC=CC(C#N)=C(c2cc3ccccc3o2)C(C#N)C#N)CC1)c1cc2ccccc2o1. The van der Waals surface area contributed by atoms with Crippen LogP contribution in [0.2, 0.25) is 0 Å². The quantitative estimate of drug-likeness (QED) is 0.0857. The second-order valence-electron chi connectivity index (χ2n) is 13.0. The summed E-state index contributed by atoms with van der Waals surface area (Å²) in [5.74, 6) is -0.760. The number of amides is 1. The molecule has 0 bridgehead atoms. The Labute approximate surface area is 335 Å². The lowest BCUT2D eigenvalue weighted by molar-refractivity contribution is 0.0873. The highest BCUT2D eigenvalue weighted by molar-refractivity contribution is 5.91. The second-order valence-corrected chi connectivity index (χ2v) is 13.0. The molecule has 1 fully saturated rings. The molecule has 12 heteroatoms. The summed E-state index contributed by atoms with van der Waals surface area (Å²) in [7, 11) is 0. The largest absolute Gasteiger partial charge is 0.457 e. The second kappa shape index (κ2) is 18.4. The van der Waals surface area contributed by atoms with Crippen molar-refractivity contribution in [2.24, 2.45) is 5.92 Å². The first-order chi connectivity index (χ1) is 28.4. The number of hydrogen-bond acceptors (Lipinski definition) is 10. The van der Waals surface area contributed by atoms with Crippen LogP contribution in [0.25, 0.3) is 37.9 Å². The number of carbonyl (C=O) groups excluding carboxylic acids is 1. The first kappa shape index (κ1) is 39.4. The predicted octanol–water partition coefficient (Wildman–Crippen LogP) is 9.28. The summed E-state index contributed by atoms with van der Waals surface area (Å²) in [5, 5.41) is 51.6. The topological polar surface area (TPSA) is 182 Å². The van der Waals surface area contributed by atoms with E-state index in [0.29, 0.717) is 50.2 Å². The molecule has 0 N–H and O–H groups in total. The van der Waals surface area contributed by atoms with Gasteiger partial charge in [0, 0.05) is 48.2 Å². The Balaban J connectivity index is 1.38. The van der Waals surface area contributed by atoms with Crippen LogP contribution in [0.3, 0.4) is 0 Å². The van der Waals surface area contributed by atoms with E-state index in [-0.39, 0.29) is 52.2 Å². The fourth-order valence-corrected chi connectivity index (χ4v) is 6.98. The van der Waals surface area contributed by atoms with Crippen molar-refractivity contribution in [1.29, 1.82) is 26.3 Å². The lowest BCUT2D eigenvalue weighted by atomic mass is 9.94. The molecule has 282 valence electrons. The van der Waals surface area contributed by atoms with E-state index in [0.717, 1.165) is 27.6 Å². The van der Waals surface area contributed by atoms with Crippen LogP contribution >= 0.6 is 0 Å². The van der Waals surface area contributed by atoms with Crippen molar-refractivity contribution in [2.45, 2.75) is 19.8 Å². The molecule has 1 aliphatic heterocycles. The van der Waals surface area contributed by atoms with E-state index in [1.165, 1.54) is 0 Å². The Morgan fingerprint density at radius 3 is 2.12 bits per heavy atom. The minimum Gasteiger partial charge on any atom is -0.457 e. The Bertz CT molecular complexity index is 2660. The van der Waals surface area contributed by atoms with Crippen LogP contribution in [0.4, 0.5) is 4.79 Å². The monoisotopic (exact) mass is 762 g/mol. The van der Waals surface area contributed by atoms with Crippen LogP contribution in [0, 0.1) is 69.1 Å². The van der Waals surface area contributed by atoms with Crippen molar-refractivity contribution < 1.29 is 18.4 Å². The van der Waals surface area contributed by atoms with Gasteiger partial charge in [-0.2, -0.15) is 21.0 Å². The maximum Gasteiger partial charge on any atom is 0.409 e. The third-order valence-electron chi connectivity index (χ3n) is 9.68. The summed E-state index contributed by atoms with van der Waals surface area (Å²) in [6, 6.07) is 28.1. The summed E-state index contributed by atoms with van der Waals surface area (Å²) in [4.78, 5) is 19.7. The third kappa shape index (κ3) is 8.34. The van der Waals surface area contributed by atoms with Crippen molar-refractivity contribution in [2.75, 3.05) is 32.8 Å². The highest BCUT2D eigenvalue weighted by Gasteiger charge is 2.29. The normalized spacial score (nSPS) is 16.2. The van der Waals surface area contributed by atoms with E-state index in [1.54, 1.807) is 60.4 Å². The molecule has 0 saturated carbocycles. The van der Waals surface area contributed by atoms with Crippen LogP contribution < -0.4 is 0 Å². The maximum absolute atomic E-state index is 12.5. The first-order valence-corrected chi connectivity index (χ1v) is 18.4. The molecule has 0 spiro atoms. The third-order valence-corrected chi connectivity index (χ3v) is 9.68. The Morgan fingerprint density at radius 2 is 1.53 bits per heavy atom. The average molecular weight is 763 g/mol. The van der Waals surface area contributed by atoms with Gasteiger partial charge in [0.1, 0.15) is 22.7 Å². The van der Waals surface area contributed by atoms with Gasteiger partial charge in [-0.15, -0.1) is 0 Å². The van der Waals surface area contributed by atoms with E-state index in [4.69, 9.17) is 20.1 Å². The maximum atomic E-state index is 12.5. The number of nitriles is 5. The summed E-state index contributed by atoms with van der Waals surface area (Å²) in [6.07, 6.45) is 11.2. The Hall–Kier alpha value is -8.29. The molecular weight excluding hydrogens is 729 g/mol. The molecule has 1 saturated heterocycles. The van der Waals surface area contributed by atoms with Crippen molar-refractivity contribution in [3.63, 3.8) is 0 Å². The van der Waals surface area contributed by atoms with Gasteiger partial charge in [-0.25, -0.2) is 14.9 Å². The van der Waals surface area contributed by atoms with Gasteiger partial charge in [0.05, 0.1) is 60.2 Å². The average Bonchev–Trinajstić information content (AvgIpc) is 3.99. The van der Waals surface area contributed by atoms with Crippen LogP contribution in [-0.2, 0) is 4.74 Å². The number of benzene rings is 2. The lowest BCUT2D eigenvalue weighted by Crippen LogP contribution is -2.48. The molecule has 0 atom stereocenters. The summed E-state index contributed by atoms with van der Waals surface area (Å²) in [6.45, 7) is 11.6. The van der Waals surface area contributed by atoms with Crippen LogP contribution in [0.5, 0.6) is 0 Å². The number of fused-ring (bicyclic) bond motifs is 2. The number of nitrogens with zero attached hydrogens (tertiary/aromatic N) is 8. The molecular formula is C46H34N8O4. The van der Waals surface area contributed by atoms with Gasteiger partial charge in [0.15, 0.2) is 5.92 Å². The van der Waals surface area contributed by atoms with Gasteiger partial charge in [-0.05, 0) is 67.3 Å². The lowest BCUT2D eigenvalue weighted by Gasteiger charge is -2.37. The highest BCUT2D eigenvalue weighted by atomic mass is 16.6. The predicted molar refractivity (Wildman–Crippen MR) is 215 cm³/mol. The van der Waals surface area contributed by atoms with E-state index < -0.39 is 5.92 Å². The van der Waals surface area contributed by atoms with E-state index in [2.05, 4.69) is 21.9 Å². The standard InChI is InChI=1S/C46H34N8O4/c1-3-56-46(55)54-22-20-53(21-23-54)45-31(12-8-14-35(26-47)43(37(28-49)29-50)41-24-33-10-4-6-16-39(33)57-41)18-19-32(45)13-9-15-36(27-48)44(38(30-51)52-2)42-25-34-11-5-7-17-40(34)58-42/h4-17,24-25,37H,3,18-23H2,1H3. The van der Waals surface area contributed by atoms with Gasteiger partial charge in [0.25, 0.3) is 5.70 Å². The van der Waals surface area contributed by atoms with Crippen LogP contribution in [0.15, 0.2) is 140 Å². The summed E-state index contributed by atoms with van der Waals surface area (Å²) in [5.41, 5.74) is 4.13. The molecule has 6 rings (SSSR count). The fraction of sp³-hybridized carbons (Fsp3) is 0.196. The highest BCUT2D eigenvalue weighted by Crippen LogP contribution is 2.37. The Kier molecular flexibility index (Phi) is 12.5. The molecule has 2 aliphatic rings. The van der Waals surface area contributed by atoms with Crippen molar-refractivity contribution in [1.82, 2.24) is 9.80 Å². The molecule has 3 heterocycles. The summed E-state index contributed by atoms with van der Waals surface area (Å²) < 4.78 is 17.2. The minimum absolute atomic E-state index is 0.0777. The zero-order chi connectivity index (χ0) is 41.0. The van der Waals surface area contributed by atoms with Crippen molar-refractivity contribution >= 4 is 39.2 Å². The molecule has 2 aromatic carbocycles. The molecule has 1 amide bonds. The fourth-order valence-electron chi connectivity index (χ4n) is 6.98. The molecule has 4 aromatic rings. The molecule has 12 nitrogen and oxygen atoms in total. The van der Waals surface area contributed by atoms with E-state index >= 15 is 0 Å². The molecule has 0 unspecified atom stereocenters. The Morgan fingerprint density at radius 1 is 0.879 bits per heavy atom. The molecule has 58 heavy (non-hydrogen) atoms. The zero-order valence-corrected chi connectivity index (χ0v) is 31.5. The van der Waals surface area contributed by atoms with E-state index in [9.17, 15) is 31.1 Å². The molecule has 2 aromatic heterocycles.